The maximum atomic E-state index is 11.3. The predicted octanol–water partition coefficient (Wildman–Crippen LogP) is 7.15. The summed E-state index contributed by atoms with van der Waals surface area (Å²) >= 11 is 0. The third kappa shape index (κ3) is 5.79. The predicted molar refractivity (Wildman–Crippen MR) is 149 cm³/mol. The molecule has 5 rings (SSSR count). The van der Waals surface area contributed by atoms with Gasteiger partial charge in [-0.2, -0.15) is 0 Å². The van der Waals surface area contributed by atoms with Crippen LogP contribution in [0.1, 0.15) is 16.7 Å². The van der Waals surface area contributed by atoms with Crippen molar-refractivity contribution in [2.75, 3.05) is 13.7 Å². The SMILES string of the molecule is COc1cccc(-c2cc3ccc(OCC(=O)O)c(Cc4ccccc4)c3cc2OCc2ccccc2)c1. The number of carbonyl (C=O) groups is 1. The lowest BCUT2D eigenvalue weighted by atomic mass is 9.93. The molecule has 0 saturated heterocycles. The van der Waals surface area contributed by atoms with E-state index in [-0.39, 0.29) is 0 Å². The van der Waals surface area contributed by atoms with E-state index >= 15 is 0 Å². The van der Waals surface area contributed by atoms with Gasteiger partial charge in [-0.3, -0.25) is 0 Å². The fourth-order valence-electron chi connectivity index (χ4n) is 4.52. The Bertz CT molecular complexity index is 1540. The van der Waals surface area contributed by atoms with E-state index in [2.05, 4.69) is 18.2 Å². The molecule has 0 radical (unpaired) electrons. The van der Waals surface area contributed by atoms with Gasteiger partial charge in [0.15, 0.2) is 6.61 Å². The van der Waals surface area contributed by atoms with Crippen molar-refractivity contribution < 1.29 is 24.1 Å². The molecule has 0 unspecified atom stereocenters. The number of carboxylic acids is 1. The van der Waals surface area contributed by atoms with E-state index < -0.39 is 12.6 Å². The molecule has 0 spiro atoms. The first-order valence-corrected chi connectivity index (χ1v) is 12.4. The van der Waals surface area contributed by atoms with Crippen LogP contribution in [0.3, 0.4) is 0 Å². The Hall–Kier alpha value is -4.77. The van der Waals surface area contributed by atoms with E-state index in [4.69, 9.17) is 14.2 Å². The standard InChI is InChI=1S/C33H28O5/c1-36-27-14-8-13-25(18-27)29-19-26-15-16-31(38-22-33(34)35)30(17-23-9-4-2-5-10-23)28(26)20-32(29)37-21-24-11-6-3-7-12-24/h2-16,18-20H,17,21-22H2,1H3,(H,34,35). The molecule has 0 fully saturated rings. The zero-order valence-electron chi connectivity index (χ0n) is 21.1. The van der Waals surface area contributed by atoms with Crippen LogP contribution in [-0.2, 0) is 17.8 Å². The van der Waals surface area contributed by atoms with Crippen molar-refractivity contribution in [1.29, 1.82) is 0 Å². The molecule has 0 aliphatic heterocycles. The zero-order valence-corrected chi connectivity index (χ0v) is 21.1. The quantitative estimate of drug-likeness (QED) is 0.219. The number of methoxy groups -OCH3 is 1. The van der Waals surface area contributed by atoms with Crippen LogP contribution < -0.4 is 14.2 Å². The maximum Gasteiger partial charge on any atom is 0.341 e. The number of fused-ring (bicyclic) bond motifs is 1. The van der Waals surface area contributed by atoms with Crippen LogP contribution in [0.15, 0.2) is 109 Å². The van der Waals surface area contributed by atoms with Crippen molar-refractivity contribution in [2.24, 2.45) is 0 Å². The fraction of sp³-hybridized carbons (Fsp3) is 0.121. The van der Waals surface area contributed by atoms with E-state index in [9.17, 15) is 9.90 Å². The summed E-state index contributed by atoms with van der Waals surface area (Å²) in [6.07, 6.45) is 0.587. The van der Waals surface area contributed by atoms with Gasteiger partial charge in [0, 0.05) is 17.5 Å². The Morgan fingerprint density at radius 3 is 2.18 bits per heavy atom. The molecule has 0 aliphatic carbocycles. The van der Waals surface area contributed by atoms with Crippen LogP contribution in [0.4, 0.5) is 0 Å². The number of ether oxygens (including phenoxy) is 3. The van der Waals surface area contributed by atoms with Gasteiger partial charge in [0.05, 0.1) is 7.11 Å². The Morgan fingerprint density at radius 2 is 1.47 bits per heavy atom. The van der Waals surface area contributed by atoms with Gasteiger partial charge < -0.3 is 19.3 Å². The first kappa shape index (κ1) is 24.9. The molecule has 190 valence electrons. The minimum atomic E-state index is -1.02. The summed E-state index contributed by atoms with van der Waals surface area (Å²) in [6, 6.07) is 36.0. The molecule has 5 aromatic rings. The molecular weight excluding hydrogens is 476 g/mol. The monoisotopic (exact) mass is 504 g/mol. The summed E-state index contributed by atoms with van der Waals surface area (Å²) in [7, 11) is 1.65. The van der Waals surface area contributed by atoms with Crippen molar-refractivity contribution in [2.45, 2.75) is 13.0 Å². The molecule has 0 atom stereocenters. The minimum Gasteiger partial charge on any atom is -0.497 e. The highest BCUT2D eigenvalue weighted by molar-refractivity contribution is 5.94. The smallest absolute Gasteiger partial charge is 0.341 e. The molecule has 5 aromatic carbocycles. The second kappa shape index (κ2) is 11.5. The number of benzene rings is 5. The van der Waals surface area contributed by atoms with Gasteiger partial charge in [-0.15, -0.1) is 0 Å². The molecule has 0 aromatic heterocycles. The van der Waals surface area contributed by atoms with Crippen LogP contribution in [-0.4, -0.2) is 24.8 Å². The molecule has 0 amide bonds. The number of rotatable bonds is 10. The highest BCUT2D eigenvalue weighted by atomic mass is 16.5. The lowest BCUT2D eigenvalue weighted by Gasteiger charge is -2.18. The van der Waals surface area contributed by atoms with Crippen LogP contribution in [0.2, 0.25) is 0 Å². The van der Waals surface area contributed by atoms with E-state index in [1.165, 1.54) is 0 Å². The molecule has 0 bridgehead atoms. The first-order chi connectivity index (χ1) is 18.6. The van der Waals surface area contributed by atoms with Crippen molar-refractivity contribution in [3.05, 3.63) is 126 Å². The number of hydrogen-bond acceptors (Lipinski definition) is 4. The summed E-state index contributed by atoms with van der Waals surface area (Å²) in [4.78, 5) is 11.3. The normalized spacial score (nSPS) is 10.8. The fourth-order valence-corrected chi connectivity index (χ4v) is 4.52. The summed E-state index contributed by atoms with van der Waals surface area (Å²) in [5.41, 5.74) is 5.00. The average molecular weight is 505 g/mol. The van der Waals surface area contributed by atoms with Gasteiger partial charge in [0.2, 0.25) is 0 Å². The first-order valence-electron chi connectivity index (χ1n) is 12.4. The Kier molecular flexibility index (Phi) is 7.55. The summed E-state index contributed by atoms with van der Waals surface area (Å²) in [5, 5.41) is 11.2. The van der Waals surface area contributed by atoms with Gasteiger partial charge in [-0.25, -0.2) is 4.79 Å². The molecular formula is C33H28O5. The molecule has 0 saturated carbocycles. The molecule has 1 N–H and O–H groups in total. The van der Waals surface area contributed by atoms with Crippen molar-refractivity contribution in [1.82, 2.24) is 0 Å². The maximum absolute atomic E-state index is 11.3. The number of carboxylic acid groups (broad SMARTS) is 1. The van der Waals surface area contributed by atoms with Gasteiger partial charge >= 0.3 is 5.97 Å². The van der Waals surface area contributed by atoms with Crippen LogP contribution in [0.5, 0.6) is 17.2 Å². The van der Waals surface area contributed by atoms with Crippen molar-refractivity contribution in [3.8, 4) is 28.4 Å². The molecule has 5 nitrogen and oxygen atoms in total. The highest BCUT2D eigenvalue weighted by Gasteiger charge is 2.16. The molecule has 5 heteroatoms. The third-order valence-corrected chi connectivity index (χ3v) is 6.38. The highest BCUT2D eigenvalue weighted by Crippen LogP contribution is 2.40. The number of hydrogen-bond donors (Lipinski definition) is 1. The van der Waals surface area contributed by atoms with Crippen LogP contribution >= 0.6 is 0 Å². The molecule has 38 heavy (non-hydrogen) atoms. The Balaban J connectivity index is 1.66. The van der Waals surface area contributed by atoms with Crippen molar-refractivity contribution in [3.63, 3.8) is 0 Å². The molecule has 0 heterocycles. The van der Waals surface area contributed by atoms with Gasteiger partial charge in [0.1, 0.15) is 23.9 Å². The number of aliphatic carboxylic acids is 1. The van der Waals surface area contributed by atoms with E-state index in [0.717, 1.165) is 50.1 Å². The van der Waals surface area contributed by atoms with Crippen LogP contribution in [0, 0.1) is 0 Å². The summed E-state index contributed by atoms with van der Waals surface area (Å²) in [5.74, 6) is 1.01. The second-order valence-electron chi connectivity index (χ2n) is 8.96. The summed E-state index contributed by atoms with van der Waals surface area (Å²) < 4.78 is 17.6. The average Bonchev–Trinajstić information content (AvgIpc) is 2.96. The Morgan fingerprint density at radius 1 is 0.737 bits per heavy atom. The largest absolute Gasteiger partial charge is 0.497 e. The zero-order chi connectivity index (χ0) is 26.3. The minimum absolute atomic E-state index is 0.409. The topological polar surface area (TPSA) is 65.0 Å². The second-order valence-corrected chi connectivity index (χ2v) is 8.96. The third-order valence-electron chi connectivity index (χ3n) is 6.38. The lowest BCUT2D eigenvalue weighted by Crippen LogP contribution is -2.11. The van der Waals surface area contributed by atoms with Crippen molar-refractivity contribution >= 4 is 16.7 Å². The van der Waals surface area contributed by atoms with Crippen LogP contribution in [0.25, 0.3) is 21.9 Å². The molecule has 0 aliphatic rings. The van der Waals surface area contributed by atoms with E-state index in [1.807, 2.05) is 91.0 Å². The van der Waals surface area contributed by atoms with E-state index in [1.54, 1.807) is 7.11 Å². The van der Waals surface area contributed by atoms with Gasteiger partial charge in [0.25, 0.3) is 0 Å². The van der Waals surface area contributed by atoms with Gasteiger partial charge in [-0.1, -0.05) is 78.9 Å². The lowest BCUT2D eigenvalue weighted by molar-refractivity contribution is -0.139. The Labute approximate surface area is 221 Å². The van der Waals surface area contributed by atoms with Gasteiger partial charge in [-0.05, 0) is 57.8 Å². The van der Waals surface area contributed by atoms with E-state index in [0.29, 0.717) is 18.8 Å². The summed E-state index contributed by atoms with van der Waals surface area (Å²) in [6.45, 7) is -0.000900.